The number of para-hydroxylation sites is 3. The van der Waals surface area contributed by atoms with Gasteiger partial charge in [-0.25, -0.2) is 0 Å². The van der Waals surface area contributed by atoms with E-state index in [1.165, 1.54) is 29.9 Å². The van der Waals surface area contributed by atoms with Crippen LogP contribution < -0.4 is 10.2 Å². The smallest absolute Gasteiger partial charge is 0.0643 e. The second-order valence-corrected chi connectivity index (χ2v) is 4.69. The Hall–Kier alpha value is -1.96. The summed E-state index contributed by atoms with van der Waals surface area (Å²) >= 11 is 0. The zero-order valence-electron chi connectivity index (χ0n) is 11.8. The monoisotopic (exact) mass is 254 g/mol. The number of nitrogens with zero attached hydrogens (tertiary/aromatic N) is 1. The lowest BCUT2D eigenvalue weighted by Crippen LogP contribution is -2.12. The summed E-state index contributed by atoms with van der Waals surface area (Å²) in [6, 6.07) is 18.9. The Balaban J connectivity index is 2.19. The first-order valence-corrected chi connectivity index (χ1v) is 6.94. The predicted octanol–water partition coefficient (Wildman–Crippen LogP) is 4.67. The number of anilines is 3. The van der Waals surface area contributed by atoms with E-state index in [2.05, 4.69) is 72.7 Å². The molecule has 2 aromatic rings. The van der Waals surface area contributed by atoms with Crippen LogP contribution in [0.15, 0.2) is 54.6 Å². The van der Waals surface area contributed by atoms with Crippen molar-refractivity contribution in [2.45, 2.75) is 19.8 Å². The molecule has 19 heavy (non-hydrogen) atoms. The molecule has 0 fully saturated rings. The molecule has 0 saturated carbocycles. The second-order valence-electron chi connectivity index (χ2n) is 4.69. The van der Waals surface area contributed by atoms with Gasteiger partial charge in [-0.1, -0.05) is 43.7 Å². The van der Waals surface area contributed by atoms with E-state index in [4.69, 9.17) is 0 Å². The number of hydrogen-bond donors (Lipinski definition) is 1. The zero-order chi connectivity index (χ0) is 13.5. The lowest BCUT2D eigenvalue weighted by Gasteiger charge is -2.23. The highest BCUT2D eigenvalue weighted by Crippen LogP contribution is 2.30. The van der Waals surface area contributed by atoms with Crippen molar-refractivity contribution in [3.8, 4) is 0 Å². The average Bonchev–Trinajstić information content (AvgIpc) is 2.48. The lowest BCUT2D eigenvalue weighted by molar-refractivity contribution is 0.834. The molecule has 1 N–H and O–H groups in total. The molecule has 0 aromatic heterocycles. The van der Waals surface area contributed by atoms with Crippen molar-refractivity contribution < 1.29 is 0 Å². The van der Waals surface area contributed by atoms with Crippen molar-refractivity contribution in [2.24, 2.45) is 0 Å². The van der Waals surface area contributed by atoms with E-state index in [1.807, 2.05) is 6.07 Å². The van der Waals surface area contributed by atoms with Crippen LogP contribution in [0.3, 0.4) is 0 Å². The van der Waals surface area contributed by atoms with Crippen LogP contribution in [0.25, 0.3) is 0 Å². The zero-order valence-corrected chi connectivity index (χ0v) is 11.8. The average molecular weight is 254 g/mol. The number of unbranched alkanes of at least 4 members (excludes halogenated alkanes) is 1. The quantitative estimate of drug-likeness (QED) is 0.754. The van der Waals surface area contributed by atoms with Gasteiger partial charge in [0, 0.05) is 19.3 Å². The molecule has 0 atom stereocenters. The SMILES string of the molecule is CCCCNc1ccccc1N(C)c1ccccc1. The predicted molar refractivity (Wildman–Crippen MR) is 84.3 cm³/mol. The minimum atomic E-state index is 1.02. The van der Waals surface area contributed by atoms with Crippen LogP contribution in [0, 0.1) is 0 Å². The van der Waals surface area contributed by atoms with Crippen LogP contribution in [-0.4, -0.2) is 13.6 Å². The summed E-state index contributed by atoms with van der Waals surface area (Å²) in [5.41, 5.74) is 3.61. The largest absolute Gasteiger partial charge is 0.383 e. The van der Waals surface area contributed by atoms with Crippen molar-refractivity contribution in [3.63, 3.8) is 0 Å². The highest BCUT2D eigenvalue weighted by atomic mass is 15.1. The molecular weight excluding hydrogens is 232 g/mol. The molecule has 0 aliphatic carbocycles. The molecule has 2 heteroatoms. The summed E-state index contributed by atoms with van der Waals surface area (Å²) < 4.78 is 0. The van der Waals surface area contributed by atoms with Crippen LogP contribution in [0.2, 0.25) is 0 Å². The van der Waals surface area contributed by atoms with Crippen molar-refractivity contribution in [1.82, 2.24) is 0 Å². The van der Waals surface area contributed by atoms with Gasteiger partial charge in [0.2, 0.25) is 0 Å². The fourth-order valence-electron chi connectivity index (χ4n) is 2.11. The lowest BCUT2D eigenvalue weighted by atomic mass is 10.2. The van der Waals surface area contributed by atoms with Gasteiger partial charge >= 0.3 is 0 Å². The van der Waals surface area contributed by atoms with Crippen molar-refractivity contribution in [2.75, 3.05) is 23.8 Å². The Morgan fingerprint density at radius 3 is 2.37 bits per heavy atom. The molecule has 0 unspecified atom stereocenters. The molecular formula is C17H22N2. The minimum Gasteiger partial charge on any atom is -0.383 e. The fourth-order valence-corrected chi connectivity index (χ4v) is 2.11. The van der Waals surface area contributed by atoms with Crippen LogP contribution in [0.5, 0.6) is 0 Å². The van der Waals surface area contributed by atoms with Gasteiger partial charge in [-0.3, -0.25) is 0 Å². The third kappa shape index (κ3) is 3.50. The molecule has 0 saturated heterocycles. The molecule has 100 valence electrons. The minimum absolute atomic E-state index is 1.02. The molecule has 0 amide bonds. The third-order valence-corrected chi connectivity index (χ3v) is 3.25. The van der Waals surface area contributed by atoms with E-state index in [0.29, 0.717) is 0 Å². The first kappa shape index (κ1) is 13.5. The first-order valence-electron chi connectivity index (χ1n) is 6.94. The molecule has 2 nitrogen and oxygen atoms in total. The van der Waals surface area contributed by atoms with E-state index >= 15 is 0 Å². The first-order chi connectivity index (χ1) is 9.33. The summed E-state index contributed by atoms with van der Waals surface area (Å²) in [6.45, 7) is 3.24. The van der Waals surface area contributed by atoms with E-state index in [9.17, 15) is 0 Å². The van der Waals surface area contributed by atoms with Gasteiger partial charge < -0.3 is 10.2 Å². The van der Waals surface area contributed by atoms with Gasteiger partial charge in [-0.15, -0.1) is 0 Å². The van der Waals surface area contributed by atoms with E-state index in [-0.39, 0.29) is 0 Å². The summed E-state index contributed by atoms with van der Waals surface area (Å²) in [4.78, 5) is 2.22. The number of rotatable bonds is 6. The third-order valence-electron chi connectivity index (χ3n) is 3.25. The Bertz CT molecular complexity index is 494. The van der Waals surface area contributed by atoms with Crippen LogP contribution in [0.4, 0.5) is 17.1 Å². The van der Waals surface area contributed by atoms with Crippen LogP contribution >= 0.6 is 0 Å². The molecule has 0 radical (unpaired) electrons. The summed E-state index contributed by atoms with van der Waals surface area (Å²) in [5.74, 6) is 0. The van der Waals surface area contributed by atoms with Crippen LogP contribution in [0.1, 0.15) is 19.8 Å². The molecule has 0 bridgehead atoms. The molecule has 0 aliphatic rings. The highest BCUT2D eigenvalue weighted by Gasteiger charge is 2.07. The van der Waals surface area contributed by atoms with Gasteiger partial charge in [0.15, 0.2) is 0 Å². The molecule has 0 aliphatic heterocycles. The van der Waals surface area contributed by atoms with Gasteiger partial charge in [0.25, 0.3) is 0 Å². The molecule has 2 aromatic carbocycles. The maximum absolute atomic E-state index is 3.52. The van der Waals surface area contributed by atoms with Gasteiger partial charge in [-0.05, 0) is 30.7 Å². The van der Waals surface area contributed by atoms with Gasteiger partial charge in [0.1, 0.15) is 0 Å². The summed E-state index contributed by atoms with van der Waals surface area (Å²) in [5, 5.41) is 3.52. The Labute approximate surface area is 116 Å². The molecule has 2 rings (SSSR count). The van der Waals surface area contributed by atoms with Crippen molar-refractivity contribution in [3.05, 3.63) is 54.6 Å². The highest BCUT2D eigenvalue weighted by molar-refractivity contribution is 5.75. The standard InChI is InChI=1S/C17H22N2/c1-3-4-14-18-16-12-8-9-13-17(16)19(2)15-10-6-5-7-11-15/h5-13,18H,3-4,14H2,1-2H3. The van der Waals surface area contributed by atoms with Crippen molar-refractivity contribution >= 4 is 17.1 Å². The summed E-state index contributed by atoms with van der Waals surface area (Å²) in [7, 11) is 2.11. The number of hydrogen-bond acceptors (Lipinski definition) is 2. The van der Waals surface area contributed by atoms with Gasteiger partial charge in [0.05, 0.1) is 11.4 Å². The Morgan fingerprint density at radius 1 is 0.947 bits per heavy atom. The topological polar surface area (TPSA) is 15.3 Å². The molecule has 0 heterocycles. The van der Waals surface area contributed by atoms with Gasteiger partial charge in [-0.2, -0.15) is 0 Å². The van der Waals surface area contributed by atoms with Crippen LogP contribution in [-0.2, 0) is 0 Å². The number of nitrogens with one attached hydrogen (secondary N) is 1. The maximum Gasteiger partial charge on any atom is 0.0643 e. The van der Waals surface area contributed by atoms with E-state index < -0.39 is 0 Å². The van der Waals surface area contributed by atoms with E-state index in [0.717, 1.165) is 6.54 Å². The van der Waals surface area contributed by atoms with E-state index in [1.54, 1.807) is 0 Å². The fraction of sp³-hybridized carbons (Fsp3) is 0.294. The van der Waals surface area contributed by atoms with Crippen molar-refractivity contribution in [1.29, 1.82) is 0 Å². The second kappa shape index (κ2) is 6.83. The molecule has 0 spiro atoms. The summed E-state index contributed by atoms with van der Waals surface area (Å²) in [6.07, 6.45) is 2.41. The Kier molecular flexibility index (Phi) is 4.85. The number of benzene rings is 2. The Morgan fingerprint density at radius 2 is 1.63 bits per heavy atom. The normalized spacial score (nSPS) is 10.2. The maximum atomic E-state index is 3.52.